The van der Waals surface area contributed by atoms with Crippen LogP contribution >= 0.6 is 0 Å². The number of aliphatic hydroxyl groups is 2. The molecule has 3 aromatic carbocycles. The molecule has 0 aromatic heterocycles. The lowest BCUT2D eigenvalue weighted by molar-refractivity contribution is 0.0997. The molecule has 0 aliphatic heterocycles. The molecule has 6 N–H and O–H groups in total. The van der Waals surface area contributed by atoms with E-state index in [-0.39, 0.29) is 25.8 Å². The van der Waals surface area contributed by atoms with Gasteiger partial charge in [0.1, 0.15) is 18.5 Å². The Hall–Kier alpha value is -4.12. The third kappa shape index (κ3) is 9.80. The number of amides is 3. The summed E-state index contributed by atoms with van der Waals surface area (Å²) < 4.78 is 10.1. The number of urea groups is 1. The second-order valence-corrected chi connectivity index (χ2v) is 8.24. The minimum atomic E-state index is -0.723. The van der Waals surface area contributed by atoms with Crippen LogP contribution in [0.5, 0.6) is 5.75 Å². The van der Waals surface area contributed by atoms with Crippen molar-refractivity contribution in [2.75, 3.05) is 42.8 Å². The van der Waals surface area contributed by atoms with Gasteiger partial charge in [0.25, 0.3) is 0 Å². The molecule has 37 heavy (non-hydrogen) atoms. The fraction of sp³-hybridized carbons (Fsp3) is 0.259. The largest absolute Gasteiger partial charge is 0.491 e. The number of carbonyl (C=O) groups excluding carboxylic acids is 2. The summed E-state index contributed by atoms with van der Waals surface area (Å²) in [5, 5.41) is 31.1. The molecule has 0 radical (unpaired) electrons. The van der Waals surface area contributed by atoms with Crippen LogP contribution in [0, 0.1) is 0 Å². The molecular formula is C27H32N4O6. The Bertz CT molecular complexity index is 1110. The van der Waals surface area contributed by atoms with Crippen molar-refractivity contribution in [3.63, 3.8) is 0 Å². The van der Waals surface area contributed by atoms with E-state index >= 15 is 0 Å². The third-order valence-electron chi connectivity index (χ3n) is 5.32. The number of rotatable bonds is 12. The van der Waals surface area contributed by atoms with Gasteiger partial charge >= 0.3 is 12.1 Å². The van der Waals surface area contributed by atoms with E-state index < -0.39 is 18.2 Å². The third-order valence-corrected chi connectivity index (χ3v) is 5.32. The summed E-state index contributed by atoms with van der Waals surface area (Å²) in [7, 11) is 1.28. The zero-order chi connectivity index (χ0) is 26.5. The molecule has 0 saturated carbocycles. The monoisotopic (exact) mass is 508 g/mol. The Morgan fingerprint density at radius 2 is 1.41 bits per heavy atom. The minimum absolute atomic E-state index is 0.0946. The smallest absolute Gasteiger partial charge is 0.411 e. The first kappa shape index (κ1) is 27.5. The van der Waals surface area contributed by atoms with Gasteiger partial charge in [-0.15, -0.1) is 0 Å². The van der Waals surface area contributed by atoms with Crippen LogP contribution in [0.4, 0.5) is 26.7 Å². The van der Waals surface area contributed by atoms with Crippen molar-refractivity contribution in [1.82, 2.24) is 5.32 Å². The van der Waals surface area contributed by atoms with E-state index in [0.29, 0.717) is 29.2 Å². The zero-order valence-electron chi connectivity index (χ0n) is 20.5. The van der Waals surface area contributed by atoms with Crippen LogP contribution in [-0.4, -0.2) is 61.4 Å². The lowest BCUT2D eigenvalue weighted by Gasteiger charge is -2.19. The second-order valence-electron chi connectivity index (χ2n) is 8.24. The van der Waals surface area contributed by atoms with Crippen LogP contribution in [0.15, 0.2) is 78.9 Å². The highest BCUT2D eigenvalue weighted by atomic mass is 16.5. The summed E-state index contributed by atoms with van der Waals surface area (Å²) in [4.78, 5) is 23.5. The Balaban J connectivity index is 1.41. The van der Waals surface area contributed by atoms with E-state index in [2.05, 4.69) is 26.0 Å². The topological polar surface area (TPSA) is 141 Å². The van der Waals surface area contributed by atoms with Crippen molar-refractivity contribution < 1.29 is 29.3 Å². The molecule has 0 spiro atoms. The van der Waals surface area contributed by atoms with Crippen molar-refractivity contribution in [2.45, 2.75) is 18.6 Å². The number of para-hydroxylation sites is 1. The fourth-order valence-electron chi connectivity index (χ4n) is 3.38. The number of benzene rings is 3. The van der Waals surface area contributed by atoms with Crippen LogP contribution in [0.1, 0.15) is 5.56 Å². The van der Waals surface area contributed by atoms with E-state index in [1.165, 1.54) is 7.11 Å². The number of carbonyl (C=O) groups is 2. The number of hydrogen-bond acceptors (Lipinski definition) is 7. The van der Waals surface area contributed by atoms with E-state index in [9.17, 15) is 19.8 Å². The van der Waals surface area contributed by atoms with Crippen LogP contribution in [-0.2, 0) is 11.2 Å². The normalized spacial score (nSPS) is 12.2. The predicted molar refractivity (Wildman–Crippen MR) is 142 cm³/mol. The molecule has 0 saturated heterocycles. The number of aliphatic hydroxyl groups excluding tert-OH is 2. The van der Waals surface area contributed by atoms with Gasteiger partial charge in [0.2, 0.25) is 0 Å². The van der Waals surface area contributed by atoms with Gasteiger partial charge < -0.3 is 35.6 Å². The van der Waals surface area contributed by atoms with Gasteiger partial charge in [-0.2, -0.15) is 0 Å². The summed E-state index contributed by atoms with van der Waals surface area (Å²) in [5.74, 6) is 0.688. The van der Waals surface area contributed by atoms with Gasteiger partial charge in [-0.05, 0) is 60.5 Å². The lowest BCUT2D eigenvalue weighted by Crippen LogP contribution is -2.41. The molecular weight excluding hydrogens is 476 g/mol. The van der Waals surface area contributed by atoms with Crippen LogP contribution in [0.25, 0.3) is 0 Å². The molecule has 196 valence electrons. The summed E-state index contributed by atoms with van der Waals surface area (Å²) in [5.41, 5.74) is 2.66. The summed E-state index contributed by atoms with van der Waals surface area (Å²) in [6.45, 7) is 0.326. The SMILES string of the molecule is COC(=O)Nc1ccc(NC(=O)Nc2ccc(C[C@@H](CO)NC[C@H](O)COc3ccccc3)cc2)cc1. The quantitative estimate of drug-likeness (QED) is 0.220. The Morgan fingerprint density at radius 1 is 0.838 bits per heavy atom. The number of hydrogen-bond donors (Lipinski definition) is 6. The molecule has 3 aromatic rings. The Morgan fingerprint density at radius 3 is 1.97 bits per heavy atom. The number of ether oxygens (including phenoxy) is 2. The molecule has 0 aliphatic carbocycles. The molecule has 3 amide bonds. The first-order valence-corrected chi connectivity index (χ1v) is 11.8. The highest BCUT2D eigenvalue weighted by Gasteiger charge is 2.12. The summed E-state index contributed by atoms with van der Waals surface area (Å²) in [6.07, 6.45) is -0.755. The van der Waals surface area contributed by atoms with Gasteiger partial charge in [-0.3, -0.25) is 5.32 Å². The molecule has 0 unspecified atom stereocenters. The van der Waals surface area contributed by atoms with Crippen LogP contribution < -0.4 is 26.0 Å². The van der Waals surface area contributed by atoms with E-state index in [0.717, 1.165) is 5.56 Å². The summed E-state index contributed by atoms with van der Waals surface area (Å²) >= 11 is 0. The highest BCUT2D eigenvalue weighted by Crippen LogP contribution is 2.16. The number of nitrogens with one attached hydrogen (secondary N) is 4. The minimum Gasteiger partial charge on any atom is -0.491 e. The molecule has 0 aliphatic rings. The van der Waals surface area contributed by atoms with Crippen molar-refractivity contribution >= 4 is 29.2 Å². The van der Waals surface area contributed by atoms with Crippen molar-refractivity contribution in [2.24, 2.45) is 0 Å². The summed E-state index contributed by atoms with van der Waals surface area (Å²) in [6, 6.07) is 22.5. The maximum atomic E-state index is 12.3. The molecule has 0 heterocycles. The van der Waals surface area contributed by atoms with Crippen LogP contribution in [0.3, 0.4) is 0 Å². The highest BCUT2D eigenvalue weighted by molar-refractivity contribution is 5.99. The second kappa shape index (κ2) is 14.4. The van der Waals surface area contributed by atoms with Gasteiger partial charge in [0, 0.05) is 29.6 Å². The van der Waals surface area contributed by atoms with Crippen molar-refractivity contribution in [1.29, 1.82) is 0 Å². The Kier molecular flexibility index (Phi) is 10.7. The number of anilines is 3. The van der Waals surface area contributed by atoms with Gasteiger partial charge in [-0.25, -0.2) is 9.59 Å². The maximum Gasteiger partial charge on any atom is 0.411 e. The average Bonchev–Trinajstić information content (AvgIpc) is 2.92. The van der Waals surface area contributed by atoms with E-state index in [1.807, 2.05) is 42.5 Å². The molecule has 0 bridgehead atoms. The first-order valence-electron chi connectivity index (χ1n) is 11.8. The standard InChI is InChI=1S/C27H32N4O6/c1-36-27(35)31-22-13-11-21(12-14-22)30-26(34)29-20-9-7-19(8-10-20)15-23(17-32)28-16-24(33)18-37-25-5-3-2-4-6-25/h2-14,23-24,28,32-33H,15-18H2,1H3,(H,31,35)(H2,29,30,34)/t23-,24-/m0/s1. The molecule has 10 nitrogen and oxygen atoms in total. The van der Waals surface area contributed by atoms with Crippen molar-refractivity contribution in [3.05, 3.63) is 84.4 Å². The maximum absolute atomic E-state index is 12.3. The fourth-order valence-corrected chi connectivity index (χ4v) is 3.38. The zero-order valence-corrected chi connectivity index (χ0v) is 20.5. The molecule has 2 atom stereocenters. The van der Waals surface area contributed by atoms with Gasteiger partial charge in [0.15, 0.2) is 0 Å². The van der Waals surface area contributed by atoms with E-state index in [4.69, 9.17) is 4.74 Å². The predicted octanol–water partition coefficient (Wildman–Crippen LogP) is 3.44. The lowest BCUT2D eigenvalue weighted by atomic mass is 10.1. The number of methoxy groups -OCH3 is 1. The first-order chi connectivity index (χ1) is 17.9. The molecule has 10 heteroatoms. The van der Waals surface area contributed by atoms with E-state index in [1.54, 1.807) is 36.4 Å². The van der Waals surface area contributed by atoms with Crippen LogP contribution in [0.2, 0.25) is 0 Å². The van der Waals surface area contributed by atoms with Crippen molar-refractivity contribution in [3.8, 4) is 5.75 Å². The molecule has 3 rings (SSSR count). The average molecular weight is 509 g/mol. The van der Waals surface area contributed by atoms with Gasteiger partial charge in [0.05, 0.1) is 13.7 Å². The molecule has 0 fully saturated rings. The Labute approximate surface area is 215 Å². The van der Waals surface area contributed by atoms with Gasteiger partial charge in [-0.1, -0.05) is 30.3 Å².